The number of aromatic nitrogens is 2. The van der Waals surface area contributed by atoms with E-state index in [4.69, 9.17) is 11.6 Å². The fourth-order valence-electron chi connectivity index (χ4n) is 1.26. The Morgan fingerprint density at radius 2 is 1.93 bits per heavy atom. The van der Waals surface area contributed by atoms with Crippen LogP contribution in [0.25, 0.3) is 17.1 Å². The molecule has 1 aromatic heterocycles. The highest BCUT2D eigenvalue weighted by atomic mass is 35.5. The van der Waals surface area contributed by atoms with Crippen LogP contribution in [-0.4, -0.2) is 15.8 Å². The number of hydrogen-bond donors (Lipinski definition) is 0. The maximum absolute atomic E-state index is 5.55. The monoisotopic (exact) mass is 204 g/mol. The van der Waals surface area contributed by atoms with E-state index in [0.29, 0.717) is 5.88 Å². The molecule has 0 aliphatic heterocycles. The molecule has 2 rings (SSSR count). The first kappa shape index (κ1) is 9.16. The number of benzene rings is 1. The maximum atomic E-state index is 5.55. The number of halogens is 1. The van der Waals surface area contributed by atoms with Crippen molar-refractivity contribution in [1.82, 2.24) is 9.97 Å². The summed E-state index contributed by atoms with van der Waals surface area (Å²) in [5.41, 5.74) is 2.92. The third-order valence-corrected chi connectivity index (χ3v) is 2.07. The normalized spacial score (nSPS) is 11.2. The van der Waals surface area contributed by atoms with Crippen LogP contribution in [0.2, 0.25) is 0 Å². The predicted molar refractivity (Wildman–Crippen MR) is 59.3 cm³/mol. The van der Waals surface area contributed by atoms with E-state index < -0.39 is 0 Å². The summed E-state index contributed by atoms with van der Waals surface area (Å²) >= 11 is 5.55. The van der Waals surface area contributed by atoms with Crippen LogP contribution < -0.4 is 0 Å². The Morgan fingerprint density at radius 3 is 2.71 bits per heavy atom. The highest BCUT2D eigenvalue weighted by Gasteiger charge is 1.94. The Labute approximate surface area is 87.3 Å². The van der Waals surface area contributed by atoms with Crippen molar-refractivity contribution in [3.8, 4) is 0 Å². The number of alkyl halides is 1. The first-order chi connectivity index (χ1) is 6.90. The van der Waals surface area contributed by atoms with Crippen molar-refractivity contribution in [3.05, 3.63) is 42.2 Å². The van der Waals surface area contributed by atoms with Crippen molar-refractivity contribution in [1.29, 1.82) is 0 Å². The minimum absolute atomic E-state index is 0.526. The molecule has 0 saturated heterocycles. The summed E-state index contributed by atoms with van der Waals surface area (Å²) in [4.78, 5) is 8.41. The molecule has 0 aliphatic carbocycles. The molecular weight excluding hydrogens is 196 g/mol. The molecule has 2 nitrogen and oxygen atoms in total. The van der Waals surface area contributed by atoms with Crippen LogP contribution in [0.15, 0.2) is 36.7 Å². The van der Waals surface area contributed by atoms with E-state index in [1.807, 2.05) is 30.4 Å². The van der Waals surface area contributed by atoms with Gasteiger partial charge in [0.2, 0.25) is 0 Å². The van der Waals surface area contributed by atoms with Crippen molar-refractivity contribution in [3.63, 3.8) is 0 Å². The van der Waals surface area contributed by atoms with Crippen LogP contribution >= 0.6 is 11.6 Å². The second kappa shape index (κ2) is 4.20. The summed E-state index contributed by atoms with van der Waals surface area (Å²) in [6.07, 6.45) is 7.26. The molecule has 0 unspecified atom stereocenters. The number of fused-ring (bicyclic) bond motifs is 1. The number of allylic oxidation sites excluding steroid dienone is 1. The molecule has 0 N–H and O–H groups in total. The molecule has 1 aromatic carbocycles. The molecule has 70 valence electrons. The van der Waals surface area contributed by atoms with E-state index >= 15 is 0 Å². The van der Waals surface area contributed by atoms with Gasteiger partial charge in [0.15, 0.2) is 0 Å². The van der Waals surface area contributed by atoms with Crippen LogP contribution in [0.4, 0.5) is 0 Å². The predicted octanol–water partition coefficient (Wildman–Crippen LogP) is 2.88. The fraction of sp³-hybridized carbons (Fsp3) is 0.0909. The summed E-state index contributed by atoms with van der Waals surface area (Å²) in [5, 5.41) is 0. The van der Waals surface area contributed by atoms with Gasteiger partial charge in [0.1, 0.15) is 0 Å². The minimum atomic E-state index is 0.526. The lowest BCUT2D eigenvalue weighted by Crippen LogP contribution is -1.82. The number of hydrogen-bond acceptors (Lipinski definition) is 2. The fourth-order valence-corrected chi connectivity index (χ4v) is 1.35. The van der Waals surface area contributed by atoms with E-state index in [-0.39, 0.29) is 0 Å². The van der Waals surface area contributed by atoms with Gasteiger partial charge >= 0.3 is 0 Å². The highest BCUT2D eigenvalue weighted by molar-refractivity contribution is 6.19. The molecule has 0 aliphatic rings. The lowest BCUT2D eigenvalue weighted by atomic mass is 10.2. The molecule has 1 heterocycles. The van der Waals surface area contributed by atoms with Crippen molar-refractivity contribution >= 4 is 28.7 Å². The maximum Gasteiger partial charge on any atom is 0.0892 e. The zero-order chi connectivity index (χ0) is 9.80. The summed E-state index contributed by atoms with van der Waals surface area (Å²) in [5.74, 6) is 0.526. The Morgan fingerprint density at radius 1 is 1.14 bits per heavy atom. The van der Waals surface area contributed by atoms with Crippen LogP contribution in [0.3, 0.4) is 0 Å². The Hall–Kier alpha value is -1.41. The van der Waals surface area contributed by atoms with E-state index in [2.05, 4.69) is 9.97 Å². The third kappa shape index (κ3) is 1.91. The van der Waals surface area contributed by atoms with Crippen molar-refractivity contribution in [2.75, 3.05) is 5.88 Å². The van der Waals surface area contributed by atoms with Crippen LogP contribution in [0.5, 0.6) is 0 Å². The summed E-state index contributed by atoms with van der Waals surface area (Å²) in [7, 11) is 0. The van der Waals surface area contributed by atoms with Crippen molar-refractivity contribution in [2.45, 2.75) is 0 Å². The van der Waals surface area contributed by atoms with E-state index in [1.54, 1.807) is 12.4 Å². The Balaban J connectivity index is 2.46. The molecule has 0 atom stereocenters. The molecule has 0 fully saturated rings. The zero-order valence-electron chi connectivity index (χ0n) is 7.52. The Bertz CT molecular complexity index is 466. The first-order valence-electron chi connectivity index (χ1n) is 4.33. The van der Waals surface area contributed by atoms with E-state index in [1.165, 1.54) is 0 Å². The molecule has 0 spiro atoms. The van der Waals surface area contributed by atoms with Crippen molar-refractivity contribution < 1.29 is 0 Å². The molecule has 2 aromatic rings. The van der Waals surface area contributed by atoms with Gasteiger partial charge in [-0.3, -0.25) is 9.97 Å². The molecule has 0 radical (unpaired) electrons. The van der Waals surface area contributed by atoms with Gasteiger partial charge in [-0.25, -0.2) is 0 Å². The molecule has 0 amide bonds. The largest absolute Gasteiger partial charge is 0.253 e. The second-order valence-corrected chi connectivity index (χ2v) is 3.17. The van der Waals surface area contributed by atoms with Gasteiger partial charge in [0.05, 0.1) is 11.0 Å². The van der Waals surface area contributed by atoms with E-state index in [9.17, 15) is 0 Å². The summed E-state index contributed by atoms with van der Waals surface area (Å²) in [6, 6.07) is 5.95. The van der Waals surface area contributed by atoms with Crippen LogP contribution in [0, 0.1) is 0 Å². The first-order valence-corrected chi connectivity index (χ1v) is 4.87. The quantitative estimate of drug-likeness (QED) is 0.703. The van der Waals surface area contributed by atoms with Gasteiger partial charge in [-0.15, -0.1) is 11.6 Å². The molecule has 3 heteroatoms. The van der Waals surface area contributed by atoms with Crippen molar-refractivity contribution in [2.24, 2.45) is 0 Å². The highest BCUT2D eigenvalue weighted by Crippen LogP contribution is 2.11. The minimum Gasteiger partial charge on any atom is -0.253 e. The van der Waals surface area contributed by atoms with Crippen LogP contribution in [0.1, 0.15) is 5.56 Å². The zero-order valence-corrected chi connectivity index (χ0v) is 8.28. The van der Waals surface area contributed by atoms with Gasteiger partial charge < -0.3 is 0 Å². The van der Waals surface area contributed by atoms with Gasteiger partial charge in [0.25, 0.3) is 0 Å². The summed E-state index contributed by atoms with van der Waals surface area (Å²) < 4.78 is 0. The lowest BCUT2D eigenvalue weighted by Gasteiger charge is -1.96. The van der Waals surface area contributed by atoms with Gasteiger partial charge in [-0.05, 0) is 17.7 Å². The second-order valence-electron chi connectivity index (χ2n) is 2.86. The molecule has 14 heavy (non-hydrogen) atoms. The Kier molecular flexibility index (Phi) is 2.75. The average Bonchev–Trinajstić information content (AvgIpc) is 2.26. The standard InChI is InChI=1S/C11H9ClN2/c12-5-1-2-9-3-4-10-11(8-9)14-7-6-13-10/h1-4,6-8H,5H2. The number of nitrogens with zero attached hydrogens (tertiary/aromatic N) is 2. The van der Waals surface area contributed by atoms with Gasteiger partial charge in [-0.2, -0.15) is 0 Å². The topological polar surface area (TPSA) is 25.8 Å². The van der Waals surface area contributed by atoms with Crippen LogP contribution in [-0.2, 0) is 0 Å². The van der Waals surface area contributed by atoms with E-state index in [0.717, 1.165) is 16.6 Å². The van der Waals surface area contributed by atoms with Gasteiger partial charge in [0, 0.05) is 18.3 Å². The number of rotatable bonds is 2. The SMILES string of the molecule is ClCC=Cc1ccc2nccnc2c1. The smallest absolute Gasteiger partial charge is 0.0892 e. The lowest BCUT2D eigenvalue weighted by molar-refractivity contribution is 1.29. The van der Waals surface area contributed by atoms with Gasteiger partial charge in [-0.1, -0.05) is 18.2 Å². The molecular formula is C11H9ClN2. The third-order valence-electron chi connectivity index (χ3n) is 1.89. The average molecular weight is 205 g/mol. The molecule has 0 saturated carbocycles. The summed E-state index contributed by atoms with van der Waals surface area (Å²) in [6.45, 7) is 0. The molecule has 0 bridgehead atoms.